The molecular weight excluding hydrogens is 689 g/mol. The fraction of sp³-hybridized carbons (Fsp3) is 0. The number of nitrogens with zero attached hydrogens (tertiary/aromatic N) is 4. The van der Waals surface area contributed by atoms with Crippen molar-refractivity contribution in [1.29, 1.82) is 0 Å². The van der Waals surface area contributed by atoms with Gasteiger partial charge in [-0.3, -0.25) is 4.57 Å². The number of aromatic nitrogens is 4. The van der Waals surface area contributed by atoms with Crippen molar-refractivity contribution in [3.63, 3.8) is 0 Å². The summed E-state index contributed by atoms with van der Waals surface area (Å²) in [5.74, 6) is 0.662. The van der Waals surface area contributed by atoms with Crippen LogP contribution >= 0.6 is 11.3 Å². The van der Waals surface area contributed by atoms with E-state index in [0.717, 1.165) is 44.4 Å². The molecule has 0 radical (unpaired) electrons. The summed E-state index contributed by atoms with van der Waals surface area (Å²) in [6, 6.07) is 65.3. The molecule has 0 bridgehead atoms. The molecule has 0 saturated carbocycles. The number of thiophene rings is 1. The highest BCUT2D eigenvalue weighted by Gasteiger charge is 2.21. The van der Waals surface area contributed by atoms with Crippen molar-refractivity contribution in [2.24, 2.45) is 0 Å². The van der Waals surface area contributed by atoms with Gasteiger partial charge in [0.25, 0.3) is 0 Å². The van der Waals surface area contributed by atoms with Crippen LogP contribution in [0.25, 0.3) is 109 Å². The Morgan fingerprint density at radius 1 is 0.364 bits per heavy atom. The molecule has 0 atom stereocenters. The van der Waals surface area contributed by atoms with Crippen molar-refractivity contribution >= 4 is 86.0 Å². The van der Waals surface area contributed by atoms with Gasteiger partial charge in [0, 0.05) is 58.4 Å². The standard InChI is InChI=1S/C50H30N4S/c1-3-13-31(14-4-1)49-48-40(26-28-46-47(48)38-19-9-12-22-45(38)55-46)51-50(52-49)54-42-21-11-7-17-35(42)37-25-23-33(30-44(37)54)32-24-27-43-39(29-32)36-18-8-10-20-41(36)53(43)34-15-5-2-6-16-34/h1-30H. The first kappa shape index (κ1) is 30.4. The van der Waals surface area contributed by atoms with Crippen molar-refractivity contribution < 1.29 is 0 Å². The Bertz CT molecular complexity index is 3480. The summed E-state index contributed by atoms with van der Waals surface area (Å²) in [5, 5.41) is 8.37. The van der Waals surface area contributed by atoms with Gasteiger partial charge in [-0.25, -0.2) is 9.97 Å². The molecular formula is C50H30N4S. The second kappa shape index (κ2) is 11.7. The minimum Gasteiger partial charge on any atom is -0.309 e. The molecule has 8 aromatic carbocycles. The quantitative estimate of drug-likeness (QED) is 0.182. The van der Waals surface area contributed by atoms with Gasteiger partial charge in [0.15, 0.2) is 0 Å². The maximum atomic E-state index is 5.51. The monoisotopic (exact) mass is 718 g/mol. The lowest BCUT2D eigenvalue weighted by Crippen LogP contribution is -2.03. The van der Waals surface area contributed by atoms with Crippen LogP contribution in [0.1, 0.15) is 0 Å². The minimum atomic E-state index is 0.662. The molecule has 5 heteroatoms. The van der Waals surface area contributed by atoms with Crippen LogP contribution in [0.3, 0.4) is 0 Å². The van der Waals surface area contributed by atoms with Crippen molar-refractivity contribution in [2.45, 2.75) is 0 Å². The minimum absolute atomic E-state index is 0.662. The number of hydrogen-bond acceptors (Lipinski definition) is 3. The zero-order valence-corrected chi connectivity index (χ0v) is 30.3. The van der Waals surface area contributed by atoms with Gasteiger partial charge in [-0.2, -0.15) is 0 Å². The summed E-state index contributed by atoms with van der Waals surface area (Å²) in [5.41, 5.74) is 11.0. The van der Waals surface area contributed by atoms with Gasteiger partial charge in [-0.1, -0.05) is 121 Å². The Morgan fingerprint density at radius 3 is 1.80 bits per heavy atom. The molecule has 0 aliphatic carbocycles. The lowest BCUT2D eigenvalue weighted by Gasteiger charge is -2.13. The topological polar surface area (TPSA) is 35.6 Å². The van der Waals surface area contributed by atoms with E-state index in [1.54, 1.807) is 0 Å². The SMILES string of the molecule is c1ccc(-c2nc(-n3c4ccccc4c4ccc(-c5ccc6c(c5)c5ccccc5n6-c5ccccc5)cc43)nc3ccc4sc5ccccc5c4c23)cc1. The second-order valence-electron chi connectivity index (χ2n) is 14.2. The zero-order valence-electron chi connectivity index (χ0n) is 29.5. The Labute approximate surface area is 319 Å². The lowest BCUT2D eigenvalue weighted by atomic mass is 10.0. The molecule has 256 valence electrons. The largest absolute Gasteiger partial charge is 0.309 e. The number of fused-ring (bicyclic) bond motifs is 11. The van der Waals surface area contributed by atoms with Crippen LogP contribution in [0.2, 0.25) is 0 Å². The smallest absolute Gasteiger partial charge is 0.235 e. The van der Waals surface area contributed by atoms with Crippen LogP contribution in [0, 0.1) is 0 Å². The number of rotatable bonds is 4. The summed E-state index contributed by atoms with van der Waals surface area (Å²) in [6.45, 7) is 0. The van der Waals surface area contributed by atoms with E-state index in [1.165, 1.54) is 58.3 Å². The summed E-state index contributed by atoms with van der Waals surface area (Å²) < 4.78 is 7.14. The predicted octanol–water partition coefficient (Wildman–Crippen LogP) is 13.5. The normalized spacial score (nSPS) is 12.0. The number of hydrogen-bond donors (Lipinski definition) is 0. The molecule has 0 spiro atoms. The molecule has 0 fully saturated rings. The van der Waals surface area contributed by atoms with Crippen LogP contribution in [-0.4, -0.2) is 19.1 Å². The van der Waals surface area contributed by atoms with E-state index in [0.29, 0.717) is 5.95 Å². The summed E-state index contributed by atoms with van der Waals surface area (Å²) in [4.78, 5) is 10.9. The average molecular weight is 719 g/mol. The average Bonchev–Trinajstić information content (AvgIpc) is 3.91. The summed E-state index contributed by atoms with van der Waals surface area (Å²) in [6.07, 6.45) is 0. The first-order valence-electron chi connectivity index (χ1n) is 18.6. The molecule has 4 heterocycles. The van der Waals surface area contributed by atoms with Crippen molar-refractivity contribution in [3.8, 4) is 34.0 Å². The highest BCUT2D eigenvalue weighted by atomic mass is 32.1. The van der Waals surface area contributed by atoms with Crippen LogP contribution in [0.5, 0.6) is 0 Å². The Kier molecular flexibility index (Phi) is 6.47. The molecule has 12 aromatic rings. The third-order valence-electron chi connectivity index (χ3n) is 11.1. The predicted molar refractivity (Wildman–Crippen MR) is 232 cm³/mol. The van der Waals surface area contributed by atoms with E-state index in [9.17, 15) is 0 Å². The second-order valence-corrected chi connectivity index (χ2v) is 15.3. The van der Waals surface area contributed by atoms with Gasteiger partial charge in [-0.05, 0) is 71.8 Å². The molecule has 4 nitrogen and oxygen atoms in total. The van der Waals surface area contributed by atoms with E-state index in [2.05, 4.69) is 191 Å². The first-order valence-corrected chi connectivity index (χ1v) is 19.4. The van der Waals surface area contributed by atoms with E-state index in [1.807, 2.05) is 11.3 Å². The lowest BCUT2D eigenvalue weighted by molar-refractivity contribution is 1.01. The van der Waals surface area contributed by atoms with Crippen LogP contribution in [0.4, 0.5) is 0 Å². The van der Waals surface area contributed by atoms with Gasteiger partial charge in [0.1, 0.15) is 0 Å². The van der Waals surface area contributed by atoms with Crippen LogP contribution in [-0.2, 0) is 0 Å². The molecule has 12 rings (SSSR count). The van der Waals surface area contributed by atoms with E-state index in [-0.39, 0.29) is 0 Å². The molecule has 0 unspecified atom stereocenters. The third-order valence-corrected chi connectivity index (χ3v) is 12.3. The van der Waals surface area contributed by atoms with Crippen molar-refractivity contribution in [2.75, 3.05) is 0 Å². The number of benzene rings is 8. The van der Waals surface area contributed by atoms with Crippen LogP contribution in [0.15, 0.2) is 182 Å². The Hall–Kier alpha value is -7.08. The third kappa shape index (κ3) is 4.51. The molecule has 0 amide bonds. The molecule has 4 aromatic heterocycles. The first-order chi connectivity index (χ1) is 27.3. The van der Waals surface area contributed by atoms with Crippen molar-refractivity contribution in [1.82, 2.24) is 19.1 Å². The van der Waals surface area contributed by atoms with Gasteiger partial charge in [-0.15, -0.1) is 11.3 Å². The maximum Gasteiger partial charge on any atom is 0.235 e. The summed E-state index contributed by atoms with van der Waals surface area (Å²) in [7, 11) is 0. The van der Waals surface area contributed by atoms with Gasteiger partial charge < -0.3 is 4.57 Å². The highest BCUT2D eigenvalue weighted by molar-refractivity contribution is 7.26. The fourth-order valence-corrected chi connectivity index (χ4v) is 9.82. The van der Waals surface area contributed by atoms with Crippen LogP contribution < -0.4 is 0 Å². The van der Waals surface area contributed by atoms with E-state index < -0.39 is 0 Å². The zero-order chi connectivity index (χ0) is 36.0. The Balaban J connectivity index is 1.12. The summed E-state index contributed by atoms with van der Waals surface area (Å²) >= 11 is 1.82. The molecule has 0 N–H and O–H groups in total. The van der Waals surface area contributed by atoms with Gasteiger partial charge in [0.2, 0.25) is 5.95 Å². The molecule has 0 saturated heterocycles. The van der Waals surface area contributed by atoms with E-state index in [4.69, 9.17) is 9.97 Å². The number of para-hydroxylation sites is 3. The maximum absolute atomic E-state index is 5.51. The molecule has 0 aliphatic heterocycles. The van der Waals surface area contributed by atoms with Gasteiger partial charge >= 0.3 is 0 Å². The van der Waals surface area contributed by atoms with Crippen molar-refractivity contribution in [3.05, 3.63) is 182 Å². The molecule has 55 heavy (non-hydrogen) atoms. The fourth-order valence-electron chi connectivity index (χ4n) is 8.71. The van der Waals surface area contributed by atoms with Gasteiger partial charge in [0.05, 0.1) is 33.3 Å². The Morgan fingerprint density at radius 2 is 0.982 bits per heavy atom. The van der Waals surface area contributed by atoms with E-state index >= 15 is 0 Å². The highest BCUT2D eigenvalue weighted by Crippen LogP contribution is 2.43. The molecule has 0 aliphatic rings.